The monoisotopic (exact) mass is 456 g/mol. The van der Waals surface area contributed by atoms with Crippen molar-refractivity contribution in [1.82, 2.24) is 9.88 Å². The van der Waals surface area contributed by atoms with E-state index in [0.717, 1.165) is 27.0 Å². The van der Waals surface area contributed by atoms with Crippen LogP contribution in [0.2, 0.25) is 0 Å². The average molecular weight is 457 g/mol. The number of halogens is 2. The molecule has 1 N–H and O–H groups in total. The number of amides is 1. The van der Waals surface area contributed by atoms with Crippen molar-refractivity contribution in [3.8, 4) is 11.3 Å². The highest BCUT2D eigenvalue weighted by Gasteiger charge is 2.17. The molecule has 0 unspecified atom stereocenters. The van der Waals surface area contributed by atoms with Gasteiger partial charge in [-0.2, -0.15) is 0 Å². The maximum atomic E-state index is 13.3. The first-order chi connectivity index (χ1) is 13.9. The van der Waals surface area contributed by atoms with Crippen LogP contribution in [0, 0.1) is 12.7 Å². The van der Waals surface area contributed by atoms with Crippen molar-refractivity contribution in [2.45, 2.75) is 33.4 Å². The molecule has 6 heteroatoms. The van der Waals surface area contributed by atoms with Gasteiger partial charge in [0.15, 0.2) is 5.78 Å². The molecule has 0 bridgehead atoms. The van der Waals surface area contributed by atoms with E-state index in [1.165, 1.54) is 19.1 Å². The van der Waals surface area contributed by atoms with Crippen LogP contribution in [-0.4, -0.2) is 16.3 Å². The minimum Gasteiger partial charge on any atom is -0.352 e. The van der Waals surface area contributed by atoms with Crippen molar-refractivity contribution in [1.29, 1.82) is 0 Å². The number of ketones is 1. The normalized spacial score (nSPS) is 10.8. The lowest BCUT2D eigenvalue weighted by molar-refractivity contribution is -0.121. The van der Waals surface area contributed by atoms with Crippen molar-refractivity contribution in [2.75, 3.05) is 0 Å². The molecule has 3 aromatic rings. The Morgan fingerprint density at radius 2 is 1.79 bits per heavy atom. The number of nitrogens with zero attached hydrogens (tertiary/aromatic N) is 1. The van der Waals surface area contributed by atoms with Crippen molar-refractivity contribution < 1.29 is 14.0 Å². The molecule has 150 valence electrons. The van der Waals surface area contributed by atoms with Crippen LogP contribution in [0.5, 0.6) is 0 Å². The summed E-state index contributed by atoms with van der Waals surface area (Å²) < 4.78 is 16.2. The van der Waals surface area contributed by atoms with Crippen LogP contribution in [0.3, 0.4) is 0 Å². The van der Waals surface area contributed by atoms with Crippen molar-refractivity contribution in [2.24, 2.45) is 0 Å². The summed E-state index contributed by atoms with van der Waals surface area (Å²) in [5, 5.41) is 2.93. The summed E-state index contributed by atoms with van der Waals surface area (Å²) in [4.78, 5) is 24.4. The summed E-state index contributed by atoms with van der Waals surface area (Å²) in [6, 6.07) is 15.7. The van der Waals surface area contributed by atoms with Gasteiger partial charge in [-0.15, -0.1) is 0 Å². The number of carbonyl (C=O) groups is 2. The second-order valence-corrected chi connectivity index (χ2v) is 7.72. The molecule has 0 radical (unpaired) electrons. The molecule has 2 aromatic carbocycles. The molecular formula is C23H22BrFN2O2. The highest BCUT2D eigenvalue weighted by Crippen LogP contribution is 2.27. The number of aromatic nitrogens is 1. The molecule has 0 saturated carbocycles. The van der Waals surface area contributed by atoms with Gasteiger partial charge in [0.25, 0.3) is 0 Å². The summed E-state index contributed by atoms with van der Waals surface area (Å²) in [5.74, 6) is -0.437. The molecule has 1 amide bonds. The SMILES string of the molecule is CC(=O)c1cc(-c2ccc(F)cc2)n(CCC(=O)NCc2ccccc2Br)c1C. The van der Waals surface area contributed by atoms with Crippen LogP contribution in [0.15, 0.2) is 59.1 Å². The number of benzene rings is 2. The van der Waals surface area contributed by atoms with Gasteiger partial charge < -0.3 is 9.88 Å². The third-order valence-electron chi connectivity index (χ3n) is 4.88. The minimum absolute atomic E-state index is 0.0389. The van der Waals surface area contributed by atoms with E-state index in [0.29, 0.717) is 18.7 Å². The Hall–Kier alpha value is -2.73. The maximum absolute atomic E-state index is 13.3. The highest BCUT2D eigenvalue weighted by atomic mass is 79.9. The molecule has 0 aliphatic rings. The Labute approximate surface area is 177 Å². The van der Waals surface area contributed by atoms with Gasteiger partial charge in [-0.3, -0.25) is 9.59 Å². The van der Waals surface area contributed by atoms with Crippen LogP contribution < -0.4 is 5.32 Å². The van der Waals surface area contributed by atoms with Crippen LogP contribution in [0.1, 0.15) is 35.0 Å². The van der Waals surface area contributed by atoms with Crippen molar-refractivity contribution in [3.63, 3.8) is 0 Å². The van der Waals surface area contributed by atoms with Gasteiger partial charge in [0.05, 0.1) is 0 Å². The Bertz CT molecular complexity index is 1040. The quantitative estimate of drug-likeness (QED) is 0.492. The van der Waals surface area contributed by atoms with E-state index in [1.807, 2.05) is 41.8 Å². The van der Waals surface area contributed by atoms with Gasteiger partial charge >= 0.3 is 0 Å². The van der Waals surface area contributed by atoms with Crippen molar-refractivity contribution >= 4 is 27.6 Å². The number of hydrogen-bond donors (Lipinski definition) is 1. The Kier molecular flexibility index (Phi) is 6.64. The van der Waals surface area contributed by atoms with Gasteiger partial charge in [0.1, 0.15) is 5.82 Å². The van der Waals surface area contributed by atoms with Crippen LogP contribution in [0.25, 0.3) is 11.3 Å². The molecule has 0 fully saturated rings. The van der Waals surface area contributed by atoms with E-state index >= 15 is 0 Å². The summed E-state index contributed by atoms with van der Waals surface area (Å²) in [6.07, 6.45) is 0.269. The Morgan fingerprint density at radius 1 is 1.10 bits per heavy atom. The van der Waals surface area contributed by atoms with Gasteiger partial charge in [-0.25, -0.2) is 4.39 Å². The van der Waals surface area contributed by atoms with Gasteiger partial charge in [0, 0.05) is 40.9 Å². The summed E-state index contributed by atoms with van der Waals surface area (Å²) in [6.45, 7) is 4.25. The first-order valence-electron chi connectivity index (χ1n) is 9.34. The third kappa shape index (κ3) is 5.01. The van der Waals surface area contributed by atoms with E-state index in [1.54, 1.807) is 12.1 Å². The molecule has 0 atom stereocenters. The number of hydrogen-bond acceptors (Lipinski definition) is 2. The zero-order valence-corrected chi connectivity index (χ0v) is 17.9. The topological polar surface area (TPSA) is 51.1 Å². The lowest BCUT2D eigenvalue weighted by Gasteiger charge is -2.13. The van der Waals surface area contributed by atoms with E-state index in [9.17, 15) is 14.0 Å². The molecule has 1 aromatic heterocycles. The molecule has 1 heterocycles. The summed E-state index contributed by atoms with van der Waals surface area (Å²) in [7, 11) is 0. The maximum Gasteiger partial charge on any atom is 0.222 e. The molecule has 3 rings (SSSR count). The molecule has 0 aliphatic carbocycles. The fourth-order valence-electron chi connectivity index (χ4n) is 3.29. The fourth-order valence-corrected chi connectivity index (χ4v) is 3.71. The van der Waals surface area contributed by atoms with Crippen LogP contribution in [-0.2, 0) is 17.9 Å². The van der Waals surface area contributed by atoms with E-state index in [4.69, 9.17) is 0 Å². The molecule has 0 saturated heterocycles. The summed E-state index contributed by atoms with van der Waals surface area (Å²) >= 11 is 3.47. The standard InChI is InChI=1S/C23H22BrFN2O2/c1-15-20(16(2)28)13-22(17-7-9-19(25)10-8-17)27(15)12-11-23(29)26-14-18-5-3-4-6-21(18)24/h3-10,13H,11-12,14H2,1-2H3,(H,26,29). The highest BCUT2D eigenvalue weighted by molar-refractivity contribution is 9.10. The van der Waals surface area contributed by atoms with E-state index in [-0.39, 0.29) is 23.9 Å². The minimum atomic E-state index is -0.318. The first-order valence-corrected chi connectivity index (χ1v) is 10.1. The van der Waals surface area contributed by atoms with Gasteiger partial charge in [0.2, 0.25) is 5.91 Å². The second-order valence-electron chi connectivity index (χ2n) is 6.86. The predicted octanol–water partition coefficient (Wildman–Crippen LogP) is 5.27. The number of rotatable bonds is 7. The van der Waals surface area contributed by atoms with Gasteiger partial charge in [-0.05, 0) is 61.4 Å². The van der Waals surface area contributed by atoms with Crippen LogP contribution in [0.4, 0.5) is 4.39 Å². The molecule has 29 heavy (non-hydrogen) atoms. The Balaban J connectivity index is 1.75. The molecule has 0 spiro atoms. The zero-order chi connectivity index (χ0) is 21.0. The largest absolute Gasteiger partial charge is 0.352 e. The lowest BCUT2D eigenvalue weighted by atomic mass is 10.1. The lowest BCUT2D eigenvalue weighted by Crippen LogP contribution is -2.24. The smallest absolute Gasteiger partial charge is 0.222 e. The van der Waals surface area contributed by atoms with E-state index < -0.39 is 0 Å². The zero-order valence-electron chi connectivity index (χ0n) is 16.3. The van der Waals surface area contributed by atoms with Crippen LogP contribution >= 0.6 is 15.9 Å². The second kappa shape index (κ2) is 9.18. The predicted molar refractivity (Wildman–Crippen MR) is 115 cm³/mol. The van der Waals surface area contributed by atoms with Crippen molar-refractivity contribution in [3.05, 3.63) is 81.7 Å². The summed E-state index contributed by atoms with van der Waals surface area (Å²) in [5.41, 5.74) is 4.01. The molecule has 4 nitrogen and oxygen atoms in total. The van der Waals surface area contributed by atoms with E-state index in [2.05, 4.69) is 21.2 Å². The Morgan fingerprint density at radius 3 is 2.45 bits per heavy atom. The molecular weight excluding hydrogens is 435 g/mol. The van der Waals surface area contributed by atoms with Gasteiger partial charge in [-0.1, -0.05) is 34.1 Å². The fraction of sp³-hybridized carbons (Fsp3) is 0.217. The average Bonchev–Trinajstić information content (AvgIpc) is 3.03. The molecule has 0 aliphatic heterocycles. The number of carbonyl (C=O) groups excluding carboxylic acids is 2. The first kappa shape index (κ1) is 21.0. The third-order valence-corrected chi connectivity index (χ3v) is 5.66. The number of nitrogens with one attached hydrogen (secondary N) is 1. The number of Topliss-reactive ketones (excluding diaryl/α,β-unsaturated/α-hetero) is 1.